The van der Waals surface area contributed by atoms with E-state index in [0.717, 1.165) is 11.0 Å². The first-order valence-electron chi connectivity index (χ1n) is 9.54. The van der Waals surface area contributed by atoms with Gasteiger partial charge in [0.15, 0.2) is 0 Å². The summed E-state index contributed by atoms with van der Waals surface area (Å²) >= 11 is 0. The third-order valence-electron chi connectivity index (χ3n) is 4.48. The van der Waals surface area contributed by atoms with Crippen molar-refractivity contribution >= 4 is 5.97 Å². The lowest BCUT2D eigenvalue weighted by molar-refractivity contribution is -0.884. The van der Waals surface area contributed by atoms with Crippen molar-refractivity contribution in [3.63, 3.8) is 0 Å². The van der Waals surface area contributed by atoms with Gasteiger partial charge in [-0.05, 0) is 0 Å². The van der Waals surface area contributed by atoms with Gasteiger partial charge in [-0.3, -0.25) is 0 Å². The van der Waals surface area contributed by atoms with E-state index in [9.17, 15) is 84.5 Å². The maximum atomic E-state index is 13.0. The van der Waals surface area contributed by atoms with Crippen LogP contribution >= 0.6 is 0 Å². The van der Waals surface area contributed by atoms with Gasteiger partial charge in [0.2, 0.25) is 0 Å². The Balaban J connectivity index is 0.00000108. The highest BCUT2D eigenvalue weighted by Crippen LogP contribution is 2.63. The molecule has 0 saturated heterocycles. The topological polar surface area (TPSA) is 40.1 Å². The molecule has 0 atom stereocenters. The van der Waals surface area contributed by atoms with Gasteiger partial charge in [-0.15, -0.1) is 0 Å². The molecule has 228 valence electrons. The fourth-order valence-corrected chi connectivity index (χ4v) is 2.42. The molecule has 0 fully saturated rings. The minimum Gasteiger partial charge on any atom is -0.544 e. The summed E-state index contributed by atoms with van der Waals surface area (Å²) in [6.07, 6.45) is -7.84. The summed E-state index contributed by atoms with van der Waals surface area (Å²) in [5, 5.41) is 9.65. The molecule has 0 radical (unpaired) electrons. The van der Waals surface area contributed by atoms with Crippen molar-refractivity contribution in [2.75, 3.05) is 21.1 Å². The van der Waals surface area contributed by atoms with Crippen LogP contribution in [0.3, 0.4) is 0 Å². The highest BCUT2D eigenvalue weighted by molar-refractivity contribution is 5.75. The van der Waals surface area contributed by atoms with Crippen molar-refractivity contribution in [2.24, 2.45) is 0 Å². The van der Waals surface area contributed by atoms with E-state index in [1.54, 1.807) is 0 Å². The normalized spacial score (nSPS) is 15.0. The van der Waals surface area contributed by atoms with E-state index < -0.39 is 53.6 Å². The van der Waals surface area contributed by atoms with Gasteiger partial charge in [0.25, 0.3) is 0 Å². The lowest BCUT2D eigenvalue weighted by Gasteiger charge is -2.42. The summed E-state index contributed by atoms with van der Waals surface area (Å²) in [5.41, 5.74) is 1.40. The quantitative estimate of drug-likeness (QED) is 0.268. The first-order chi connectivity index (χ1) is 16.8. The number of aliphatic carboxylic acids is 1. The maximum Gasteiger partial charge on any atom is 0.460 e. The molecule has 0 bridgehead atoms. The third kappa shape index (κ3) is 6.29. The van der Waals surface area contributed by atoms with Gasteiger partial charge in [-0.1, -0.05) is 30.3 Å². The van der Waals surface area contributed by atoms with Crippen molar-refractivity contribution in [1.29, 1.82) is 0 Å². The fourth-order valence-electron chi connectivity index (χ4n) is 2.42. The Kier molecular flexibility index (Phi) is 9.78. The Hall–Kier alpha value is -2.54. The standard InChI is InChI=1S/C10H16N.C9HF17O2/c1-11(2,3)9-10-7-5-4-6-8-10;10-2(11,1(27)28)3(12,13)4(14,15)5(16,17)6(18,19)7(20,21)8(22,23)9(24,25)26/h4-8H,9H2,1-3H3;(H,27,28)/q+1;/p-1. The molecule has 0 amide bonds. The van der Waals surface area contributed by atoms with Gasteiger partial charge in [0.1, 0.15) is 12.5 Å². The van der Waals surface area contributed by atoms with E-state index in [4.69, 9.17) is 0 Å². The molecule has 0 aromatic heterocycles. The van der Waals surface area contributed by atoms with Crippen molar-refractivity contribution < 1.29 is 89.0 Å². The van der Waals surface area contributed by atoms with Crippen LogP contribution in [0.15, 0.2) is 30.3 Å². The van der Waals surface area contributed by atoms with Crippen LogP contribution in [-0.4, -0.2) is 79.2 Å². The Morgan fingerprint density at radius 1 is 0.590 bits per heavy atom. The van der Waals surface area contributed by atoms with Crippen LogP contribution in [0.2, 0.25) is 0 Å². The van der Waals surface area contributed by atoms with Gasteiger partial charge in [-0.25, -0.2) is 0 Å². The predicted molar refractivity (Wildman–Crippen MR) is 93.9 cm³/mol. The van der Waals surface area contributed by atoms with E-state index in [1.165, 1.54) is 5.56 Å². The summed E-state index contributed by atoms with van der Waals surface area (Å²) in [5.74, 6) is -63.5. The lowest BCUT2D eigenvalue weighted by Crippen LogP contribution is -2.75. The van der Waals surface area contributed by atoms with Gasteiger partial charge in [-0.2, -0.15) is 74.6 Å². The summed E-state index contributed by atoms with van der Waals surface area (Å²) in [4.78, 5) is 9.65. The summed E-state index contributed by atoms with van der Waals surface area (Å²) in [6, 6.07) is 10.6. The number of nitrogens with zero attached hydrogens (tertiary/aromatic N) is 1. The molecule has 39 heavy (non-hydrogen) atoms. The zero-order chi connectivity index (χ0) is 31.9. The van der Waals surface area contributed by atoms with Crippen LogP contribution in [0.5, 0.6) is 0 Å². The van der Waals surface area contributed by atoms with Gasteiger partial charge < -0.3 is 14.4 Å². The van der Waals surface area contributed by atoms with Crippen molar-refractivity contribution in [3.8, 4) is 0 Å². The van der Waals surface area contributed by atoms with Crippen LogP contribution in [-0.2, 0) is 11.3 Å². The Bertz CT molecular complexity index is 982. The molecule has 0 unspecified atom stereocenters. The SMILES string of the molecule is C[N+](C)(C)Cc1ccccc1.O=C([O-])C(F)(F)C(F)(F)C(F)(F)C(F)(F)C(F)(F)C(F)(F)C(F)(F)C(F)(F)F. The van der Waals surface area contributed by atoms with Crippen LogP contribution in [0.25, 0.3) is 0 Å². The smallest absolute Gasteiger partial charge is 0.460 e. The minimum absolute atomic E-state index is 0.990. The van der Waals surface area contributed by atoms with E-state index in [-0.39, 0.29) is 0 Å². The number of alkyl halides is 17. The second-order valence-corrected chi connectivity index (χ2v) is 8.74. The number of halogens is 17. The van der Waals surface area contributed by atoms with Crippen LogP contribution in [0.1, 0.15) is 5.56 Å². The zero-order valence-electron chi connectivity index (χ0n) is 19.3. The fraction of sp³-hybridized carbons (Fsp3) is 0.632. The molecule has 3 nitrogen and oxygen atoms in total. The van der Waals surface area contributed by atoms with Crippen molar-refractivity contribution in [2.45, 2.75) is 54.2 Å². The van der Waals surface area contributed by atoms with E-state index >= 15 is 0 Å². The number of rotatable bonds is 9. The molecule has 1 aromatic carbocycles. The second-order valence-electron chi connectivity index (χ2n) is 8.74. The molecule has 0 N–H and O–H groups in total. The Morgan fingerprint density at radius 2 is 0.897 bits per heavy atom. The maximum absolute atomic E-state index is 13.0. The van der Waals surface area contributed by atoms with Gasteiger partial charge in [0.05, 0.1) is 21.1 Å². The van der Waals surface area contributed by atoms with Crippen molar-refractivity contribution in [1.82, 2.24) is 0 Å². The Labute approximate surface area is 207 Å². The monoisotopic (exact) mass is 613 g/mol. The average Bonchev–Trinajstić information content (AvgIpc) is 2.71. The zero-order valence-corrected chi connectivity index (χ0v) is 19.3. The van der Waals surface area contributed by atoms with Crippen LogP contribution < -0.4 is 5.11 Å². The molecular weight excluding hydrogens is 597 g/mol. The number of carboxylic acids is 1. The molecule has 1 aromatic rings. The average molecular weight is 613 g/mol. The number of quaternary nitrogens is 1. The van der Waals surface area contributed by atoms with Crippen LogP contribution in [0, 0.1) is 0 Å². The van der Waals surface area contributed by atoms with Gasteiger partial charge >= 0.3 is 47.6 Å². The first-order valence-corrected chi connectivity index (χ1v) is 9.54. The molecule has 0 aliphatic rings. The number of carboxylic acid groups (broad SMARTS) is 1. The van der Waals surface area contributed by atoms with Crippen molar-refractivity contribution in [3.05, 3.63) is 35.9 Å². The molecule has 0 aliphatic carbocycles. The predicted octanol–water partition coefficient (Wildman–Crippen LogP) is 5.64. The number of benzene rings is 1. The van der Waals surface area contributed by atoms with E-state index in [2.05, 4.69) is 51.5 Å². The molecule has 20 heteroatoms. The number of hydrogen-bond donors (Lipinski definition) is 0. The second kappa shape index (κ2) is 10.5. The molecule has 0 spiro atoms. The Morgan fingerprint density at radius 3 is 1.18 bits per heavy atom. The summed E-state index contributed by atoms with van der Waals surface area (Å²) < 4.78 is 215. The van der Waals surface area contributed by atoms with E-state index in [1.807, 2.05) is 0 Å². The highest BCUT2D eigenvalue weighted by Gasteiger charge is 2.95. The molecule has 0 saturated carbocycles. The first kappa shape index (κ1) is 36.5. The molecule has 1 rings (SSSR count). The lowest BCUT2D eigenvalue weighted by atomic mass is 9.89. The largest absolute Gasteiger partial charge is 0.544 e. The van der Waals surface area contributed by atoms with Gasteiger partial charge in [0, 0.05) is 5.56 Å². The molecule has 0 aliphatic heterocycles. The molecule has 0 heterocycles. The number of hydrogen-bond acceptors (Lipinski definition) is 2. The summed E-state index contributed by atoms with van der Waals surface area (Å²) in [6.45, 7) is 1.10. The van der Waals surface area contributed by atoms with E-state index in [0.29, 0.717) is 0 Å². The number of carbonyl (C=O) groups excluding carboxylic acids is 1. The third-order valence-corrected chi connectivity index (χ3v) is 4.48. The highest BCUT2D eigenvalue weighted by atomic mass is 19.4. The summed E-state index contributed by atoms with van der Waals surface area (Å²) in [7, 11) is 6.60. The minimum atomic E-state index is -8.79. The number of carbonyl (C=O) groups is 1. The molecular formula is C19H16F17NO2. The van der Waals surface area contributed by atoms with Crippen LogP contribution in [0.4, 0.5) is 74.6 Å².